The van der Waals surface area contributed by atoms with Gasteiger partial charge in [-0.15, -0.1) is 0 Å². The molecule has 0 saturated heterocycles. The Morgan fingerprint density at radius 1 is 0.977 bits per heavy atom. The predicted octanol–water partition coefficient (Wildman–Crippen LogP) is 4.66. The van der Waals surface area contributed by atoms with Crippen LogP contribution in [0.4, 0.5) is 0 Å². The summed E-state index contributed by atoms with van der Waals surface area (Å²) in [4.78, 5) is 28.3. The van der Waals surface area contributed by atoms with Gasteiger partial charge in [0.15, 0.2) is 0 Å². The minimum Gasteiger partial charge on any atom is -0.480 e. The number of nitrogens with one attached hydrogen (secondary N) is 2. The maximum Gasteiger partial charge on any atom is 0.326 e. The van der Waals surface area contributed by atoms with Crippen molar-refractivity contribution in [2.75, 3.05) is 0 Å². The summed E-state index contributed by atoms with van der Waals surface area (Å²) in [7, 11) is 0. The Morgan fingerprint density at radius 2 is 1.70 bits per heavy atom. The number of carbonyl (C=O) groups excluding carboxylic acids is 1. The third-order valence-corrected chi connectivity index (χ3v) is 13.0. The molecule has 6 N–H and O–H groups in total. The molecule has 1 aromatic carbocycles. The molecule has 4 aliphatic rings. The summed E-state index contributed by atoms with van der Waals surface area (Å²) in [6.07, 6.45) is 7.50. The van der Waals surface area contributed by atoms with Crippen LogP contribution in [-0.2, 0) is 16.0 Å². The molecule has 0 unspecified atom stereocenters. The zero-order valence-corrected chi connectivity index (χ0v) is 25.8. The van der Waals surface area contributed by atoms with Gasteiger partial charge in [-0.1, -0.05) is 39.0 Å². The number of aliphatic hydroxyl groups is 3. The van der Waals surface area contributed by atoms with E-state index in [9.17, 15) is 30.0 Å². The average molecular weight is 595 g/mol. The quantitative estimate of drug-likeness (QED) is 0.263. The molecular weight excluding hydrogens is 544 g/mol. The first-order valence-corrected chi connectivity index (χ1v) is 16.6. The maximum atomic E-state index is 13.0. The highest BCUT2D eigenvalue weighted by atomic mass is 16.4. The summed E-state index contributed by atoms with van der Waals surface area (Å²) < 4.78 is 0. The Balaban J connectivity index is 1.09. The number of rotatable bonds is 8. The number of carbonyl (C=O) groups is 2. The van der Waals surface area contributed by atoms with Gasteiger partial charge in [-0.25, -0.2) is 4.79 Å². The Hall–Kier alpha value is -2.42. The third kappa shape index (κ3) is 5.21. The van der Waals surface area contributed by atoms with Crippen LogP contribution in [0.1, 0.15) is 84.1 Å². The number of hydrogen-bond donors (Lipinski definition) is 6. The number of aromatic amines is 1. The van der Waals surface area contributed by atoms with Crippen molar-refractivity contribution in [1.82, 2.24) is 10.3 Å². The molecule has 1 aromatic heterocycles. The number of aliphatic hydroxyl groups excluding tert-OH is 3. The molecule has 0 aliphatic heterocycles. The lowest BCUT2D eigenvalue weighted by molar-refractivity contribution is -0.223. The van der Waals surface area contributed by atoms with Crippen LogP contribution in [0.3, 0.4) is 0 Å². The van der Waals surface area contributed by atoms with Crippen LogP contribution in [0, 0.1) is 46.3 Å². The van der Waals surface area contributed by atoms with Crippen LogP contribution in [0.15, 0.2) is 30.5 Å². The monoisotopic (exact) mass is 594 g/mol. The van der Waals surface area contributed by atoms with Crippen molar-refractivity contribution in [1.29, 1.82) is 0 Å². The summed E-state index contributed by atoms with van der Waals surface area (Å²) in [6, 6.07) is 6.77. The number of aromatic nitrogens is 1. The van der Waals surface area contributed by atoms with Crippen LogP contribution in [0.2, 0.25) is 0 Å². The Bertz CT molecular complexity index is 1340. The summed E-state index contributed by atoms with van der Waals surface area (Å²) in [6.45, 7) is 6.90. The van der Waals surface area contributed by atoms with Crippen LogP contribution >= 0.6 is 0 Å². The van der Waals surface area contributed by atoms with Gasteiger partial charge in [0, 0.05) is 29.9 Å². The number of hydrogen-bond acceptors (Lipinski definition) is 5. The molecule has 1 heterocycles. The van der Waals surface area contributed by atoms with Crippen molar-refractivity contribution in [2.24, 2.45) is 46.3 Å². The van der Waals surface area contributed by atoms with E-state index in [-0.39, 0.29) is 47.3 Å². The fourth-order valence-electron chi connectivity index (χ4n) is 10.8. The largest absolute Gasteiger partial charge is 0.480 e. The molecule has 8 nitrogen and oxygen atoms in total. The fourth-order valence-corrected chi connectivity index (χ4v) is 10.8. The number of aliphatic carboxylic acids is 1. The van der Waals surface area contributed by atoms with Crippen molar-refractivity contribution in [3.63, 3.8) is 0 Å². The Morgan fingerprint density at radius 3 is 2.47 bits per heavy atom. The number of para-hydroxylation sites is 1. The molecule has 12 atom stereocenters. The lowest BCUT2D eigenvalue weighted by Crippen LogP contribution is -2.64. The zero-order valence-electron chi connectivity index (χ0n) is 25.8. The molecule has 1 amide bonds. The highest BCUT2D eigenvalue weighted by Crippen LogP contribution is 2.68. The number of carboxylic acid groups (broad SMARTS) is 1. The topological polar surface area (TPSA) is 143 Å². The van der Waals surface area contributed by atoms with E-state index in [1.165, 1.54) is 0 Å². The second-order valence-electron chi connectivity index (χ2n) is 15.1. The molecule has 0 spiro atoms. The minimum absolute atomic E-state index is 0.0358. The van der Waals surface area contributed by atoms with Crippen LogP contribution in [0.25, 0.3) is 10.9 Å². The lowest BCUT2D eigenvalue weighted by Gasteiger charge is -2.63. The summed E-state index contributed by atoms with van der Waals surface area (Å²) in [5.74, 6) is 0.117. The number of H-pyrrole nitrogens is 1. The van der Waals surface area contributed by atoms with E-state index >= 15 is 0 Å². The third-order valence-electron chi connectivity index (χ3n) is 13.0. The van der Waals surface area contributed by atoms with Gasteiger partial charge in [0.1, 0.15) is 6.04 Å². The second-order valence-corrected chi connectivity index (χ2v) is 15.1. The van der Waals surface area contributed by atoms with Crippen LogP contribution < -0.4 is 5.32 Å². The van der Waals surface area contributed by atoms with Gasteiger partial charge < -0.3 is 30.7 Å². The first-order chi connectivity index (χ1) is 20.4. The van der Waals surface area contributed by atoms with Crippen molar-refractivity contribution in [2.45, 2.75) is 109 Å². The van der Waals surface area contributed by atoms with Crippen molar-refractivity contribution < 1.29 is 30.0 Å². The van der Waals surface area contributed by atoms with E-state index < -0.39 is 30.3 Å². The molecule has 236 valence electrons. The molecule has 4 saturated carbocycles. The van der Waals surface area contributed by atoms with Gasteiger partial charge in [0.2, 0.25) is 5.91 Å². The number of benzene rings is 1. The fraction of sp³-hybridized carbons (Fsp3) is 0.714. The minimum atomic E-state index is -1.04. The van der Waals surface area contributed by atoms with Gasteiger partial charge in [-0.05, 0) is 109 Å². The highest BCUT2D eigenvalue weighted by molar-refractivity contribution is 5.86. The normalized spacial score (nSPS) is 40.2. The van der Waals surface area contributed by atoms with E-state index in [0.29, 0.717) is 30.6 Å². The Kier molecular flexibility index (Phi) is 8.18. The van der Waals surface area contributed by atoms with Crippen molar-refractivity contribution in [3.05, 3.63) is 36.0 Å². The first-order valence-electron chi connectivity index (χ1n) is 16.6. The zero-order chi connectivity index (χ0) is 30.7. The van der Waals surface area contributed by atoms with Gasteiger partial charge in [-0.3, -0.25) is 4.79 Å². The smallest absolute Gasteiger partial charge is 0.326 e. The SMILES string of the molecule is C[C@H](CCC(=O)N[C@@H](Cc1c[nH]c2ccccc12)C(=O)O)[C@H]1CC[C@H]2[C@@H]3[C@H](O)[C@@H](O)[C@@H]4C[C@H](O)CC[C@]4(C)[C@H]3CC[C@]12C. The first kappa shape index (κ1) is 30.6. The molecule has 43 heavy (non-hydrogen) atoms. The summed E-state index contributed by atoms with van der Waals surface area (Å²) in [5.41, 5.74) is 1.80. The molecule has 0 radical (unpaired) electrons. The van der Waals surface area contributed by atoms with E-state index in [1.54, 1.807) is 0 Å². The van der Waals surface area contributed by atoms with Gasteiger partial charge in [-0.2, -0.15) is 0 Å². The Labute approximate surface area is 254 Å². The number of fused-ring (bicyclic) bond motifs is 6. The highest BCUT2D eigenvalue weighted by Gasteiger charge is 2.65. The molecule has 6 rings (SSSR count). The van der Waals surface area contributed by atoms with Gasteiger partial charge in [0.25, 0.3) is 0 Å². The van der Waals surface area contributed by atoms with Gasteiger partial charge >= 0.3 is 5.97 Å². The summed E-state index contributed by atoms with van der Waals surface area (Å²) >= 11 is 0. The van der Waals surface area contributed by atoms with Gasteiger partial charge in [0.05, 0.1) is 18.3 Å². The standard InChI is InChI=1S/C35H50N2O6/c1-19(8-11-29(39)37-28(33(42)43)16-20-18-36-27-7-5-4-6-22(20)27)23-9-10-24-30-25(13-15-34(23,24)2)35(3)14-12-21(38)17-26(35)31(40)32(30)41/h4-7,18-19,21,23-26,28,30-32,36,38,40-41H,8-17H2,1-3H3,(H,37,39)(H,42,43)/t19-,21-,23-,24+,25+,26+,28+,30+,31+,32+,34-,35-/m1/s1. The van der Waals surface area contributed by atoms with Crippen LogP contribution in [-0.4, -0.2) is 61.6 Å². The predicted molar refractivity (Wildman–Crippen MR) is 164 cm³/mol. The molecule has 2 aromatic rings. The molecular formula is C35H50N2O6. The maximum absolute atomic E-state index is 13.0. The lowest BCUT2D eigenvalue weighted by atomic mass is 9.43. The average Bonchev–Trinajstić information content (AvgIpc) is 3.55. The van der Waals surface area contributed by atoms with Crippen LogP contribution in [0.5, 0.6) is 0 Å². The molecule has 8 heteroatoms. The van der Waals surface area contributed by atoms with E-state index in [0.717, 1.165) is 55.0 Å². The number of amides is 1. The van der Waals surface area contributed by atoms with Crippen molar-refractivity contribution >= 4 is 22.8 Å². The number of carboxylic acids is 1. The molecule has 4 aliphatic carbocycles. The van der Waals surface area contributed by atoms with Crippen molar-refractivity contribution in [3.8, 4) is 0 Å². The van der Waals surface area contributed by atoms with E-state index in [1.807, 2.05) is 30.5 Å². The van der Waals surface area contributed by atoms with E-state index in [4.69, 9.17) is 0 Å². The van der Waals surface area contributed by atoms with E-state index in [2.05, 4.69) is 31.1 Å². The molecule has 0 bridgehead atoms. The molecule has 4 fully saturated rings. The second kappa shape index (κ2) is 11.5. The summed E-state index contributed by atoms with van der Waals surface area (Å²) in [5, 5.41) is 46.8.